The summed E-state index contributed by atoms with van der Waals surface area (Å²) in [5.74, 6) is 4.99. The van der Waals surface area contributed by atoms with Crippen LogP contribution in [0.15, 0.2) is 0 Å². The molecular weight excluding hydrogens is 260 g/mol. The van der Waals surface area contributed by atoms with Crippen molar-refractivity contribution < 1.29 is 10.2 Å². The van der Waals surface area contributed by atoms with Crippen LogP contribution >= 0.6 is 0 Å². The monoisotopic (exact) mass is 292 g/mol. The zero-order valence-electron chi connectivity index (χ0n) is 13.7. The maximum atomic E-state index is 10.4. The molecule has 0 aliphatic heterocycles. The first-order valence-corrected chi connectivity index (χ1v) is 9.28. The Kier molecular flexibility index (Phi) is 3.25. The minimum absolute atomic E-state index is 0.393. The number of aliphatic hydroxyl groups excluding tert-OH is 1. The van der Waals surface area contributed by atoms with Crippen LogP contribution in [0.4, 0.5) is 0 Å². The van der Waals surface area contributed by atoms with Crippen LogP contribution in [0.25, 0.3) is 0 Å². The van der Waals surface area contributed by atoms with Gasteiger partial charge in [0.1, 0.15) is 0 Å². The van der Waals surface area contributed by atoms with E-state index < -0.39 is 5.60 Å². The molecule has 4 rings (SSSR count). The third kappa shape index (κ3) is 2.05. The van der Waals surface area contributed by atoms with Crippen molar-refractivity contribution in [2.75, 3.05) is 6.61 Å². The zero-order chi connectivity index (χ0) is 14.8. The van der Waals surface area contributed by atoms with Crippen LogP contribution in [0.1, 0.15) is 65.2 Å². The van der Waals surface area contributed by atoms with Crippen LogP contribution in [0.3, 0.4) is 0 Å². The summed E-state index contributed by atoms with van der Waals surface area (Å²) >= 11 is 0. The highest BCUT2D eigenvalue weighted by Crippen LogP contribution is 2.66. The minimum Gasteiger partial charge on any atom is -0.396 e. The first kappa shape index (κ1) is 14.5. The quantitative estimate of drug-likeness (QED) is 0.775. The Hall–Kier alpha value is -0.0800. The van der Waals surface area contributed by atoms with Crippen LogP contribution in [0.2, 0.25) is 0 Å². The molecule has 4 aliphatic carbocycles. The van der Waals surface area contributed by atoms with E-state index >= 15 is 0 Å². The van der Waals surface area contributed by atoms with Gasteiger partial charge >= 0.3 is 0 Å². The minimum atomic E-state index is -0.393. The second-order valence-electron chi connectivity index (χ2n) is 9.33. The van der Waals surface area contributed by atoms with E-state index in [0.29, 0.717) is 17.9 Å². The SMILES string of the molecule is CC1(O)CCC2C(CCC3C2CCC2(C)C(CO)CC32)C1. The van der Waals surface area contributed by atoms with Gasteiger partial charge in [-0.15, -0.1) is 0 Å². The summed E-state index contributed by atoms with van der Waals surface area (Å²) < 4.78 is 0. The summed E-state index contributed by atoms with van der Waals surface area (Å²) in [6, 6.07) is 0. The lowest BCUT2D eigenvalue weighted by Crippen LogP contribution is -2.59. The maximum absolute atomic E-state index is 10.4. The molecule has 4 aliphatic rings. The van der Waals surface area contributed by atoms with Crippen LogP contribution in [-0.2, 0) is 0 Å². The van der Waals surface area contributed by atoms with Crippen molar-refractivity contribution in [3.05, 3.63) is 0 Å². The average Bonchev–Trinajstić information content (AvgIpc) is 2.42. The summed E-state index contributed by atoms with van der Waals surface area (Å²) in [4.78, 5) is 0. The topological polar surface area (TPSA) is 40.5 Å². The molecule has 0 saturated heterocycles. The summed E-state index contributed by atoms with van der Waals surface area (Å²) in [7, 11) is 0. The number of hydrogen-bond donors (Lipinski definition) is 2. The van der Waals surface area contributed by atoms with Gasteiger partial charge in [0.15, 0.2) is 0 Å². The number of fused-ring (bicyclic) bond motifs is 5. The Labute approximate surface area is 129 Å². The Morgan fingerprint density at radius 1 is 0.952 bits per heavy atom. The van der Waals surface area contributed by atoms with E-state index in [1.807, 2.05) is 6.92 Å². The van der Waals surface area contributed by atoms with E-state index in [1.54, 1.807) is 0 Å². The second-order valence-corrected chi connectivity index (χ2v) is 9.33. The predicted octanol–water partition coefficient (Wildman–Crippen LogP) is 3.61. The van der Waals surface area contributed by atoms with Crippen molar-refractivity contribution in [3.63, 3.8) is 0 Å². The van der Waals surface area contributed by atoms with E-state index in [4.69, 9.17) is 0 Å². The summed E-state index contributed by atoms with van der Waals surface area (Å²) in [6.45, 7) is 4.90. The molecule has 2 nitrogen and oxygen atoms in total. The molecule has 0 heterocycles. The Balaban J connectivity index is 1.51. The van der Waals surface area contributed by atoms with Crippen molar-refractivity contribution in [3.8, 4) is 0 Å². The normalized spacial score (nSPS) is 59.4. The van der Waals surface area contributed by atoms with Gasteiger partial charge in [0.05, 0.1) is 5.60 Å². The summed E-state index contributed by atoms with van der Waals surface area (Å²) in [6.07, 6.45) is 10.1. The van der Waals surface area contributed by atoms with Gasteiger partial charge in [-0.1, -0.05) is 6.92 Å². The van der Waals surface area contributed by atoms with Crippen LogP contribution < -0.4 is 0 Å². The Morgan fingerprint density at radius 3 is 2.48 bits per heavy atom. The maximum Gasteiger partial charge on any atom is 0.0622 e. The van der Waals surface area contributed by atoms with Crippen molar-refractivity contribution in [2.24, 2.45) is 40.9 Å². The van der Waals surface area contributed by atoms with Gasteiger partial charge in [0.2, 0.25) is 0 Å². The third-order valence-corrected chi connectivity index (χ3v) is 8.37. The molecule has 4 saturated carbocycles. The van der Waals surface area contributed by atoms with Crippen LogP contribution in [0, 0.1) is 40.9 Å². The van der Waals surface area contributed by atoms with Gasteiger partial charge in [-0.25, -0.2) is 0 Å². The van der Waals surface area contributed by atoms with Gasteiger partial charge in [-0.3, -0.25) is 0 Å². The first-order valence-electron chi connectivity index (χ1n) is 9.28. The average molecular weight is 292 g/mol. The van der Waals surface area contributed by atoms with Gasteiger partial charge in [0.25, 0.3) is 0 Å². The second kappa shape index (κ2) is 4.71. The molecular formula is C19H32O2. The summed E-state index contributed by atoms with van der Waals surface area (Å²) in [5, 5.41) is 20.0. The predicted molar refractivity (Wildman–Crippen MR) is 83.7 cm³/mol. The molecule has 0 spiro atoms. The first-order chi connectivity index (χ1) is 9.94. The van der Waals surface area contributed by atoms with Gasteiger partial charge < -0.3 is 10.2 Å². The molecule has 8 unspecified atom stereocenters. The summed E-state index contributed by atoms with van der Waals surface area (Å²) in [5.41, 5.74) is 0.0541. The Morgan fingerprint density at radius 2 is 1.71 bits per heavy atom. The molecule has 0 radical (unpaired) electrons. The molecule has 21 heavy (non-hydrogen) atoms. The van der Waals surface area contributed by atoms with E-state index in [1.165, 1.54) is 38.5 Å². The van der Waals surface area contributed by atoms with Crippen LogP contribution in [0.5, 0.6) is 0 Å². The van der Waals surface area contributed by atoms with Crippen molar-refractivity contribution >= 4 is 0 Å². The molecule has 120 valence electrons. The van der Waals surface area contributed by atoms with Gasteiger partial charge in [0, 0.05) is 6.61 Å². The number of aliphatic hydroxyl groups is 2. The largest absolute Gasteiger partial charge is 0.396 e. The lowest BCUT2D eigenvalue weighted by molar-refractivity contribution is -0.176. The smallest absolute Gasteiger partial charge is 0.0622 e. The molecule has 0 aromatic heterocycles. The van der Waals surface area contributed by atoms with Gasteiger partial charge in [-0.05, 0) is 99.2 Å². The number of rotatable bonds is 1. The van der Waals surface area contributed by atoms with E-state index in [-0.39, 0.29) is 0 Å². The molecule has 4 fully saturated rings. The molecule has 0 amide bonds. The van der Waals surface area contributed by atoms with Crippen molar-refractivity contribution in [1.29, 1.82) is 0 Å². The lowest BCUT2D eigenvalue weighted by atomic mass is 9.40. The van der Waals surface area contributed by atoms with E-state index in [2.05, 4.69) is 6.92 Å². The highest BCUT2D eigenvalue weighted by atomic mass is 16.3. The Bertz CT molecular complexity index is 418. The lowest BCUT2D eigenvalue weighted by Gasteiger charge is -2.65. The molecule has 0 aromatic carbocycles. The molecule has 0 bridgehead atoms. The highest BCUT2D eigenvalue weighted by molar-refractivity contribution is 5.09. The molecule has 0 aromatic rings. The molecule has 8 atom stereocenters. The van der Waals surface area contributed by atoms with E-state index in [0.717, 1.165) is 42.4 Å². The fraction of sp³-hybridized carbons (Fsp3) is 1.00. The fourth-order valence-corrected chi connectivity index (χ4v) is 7.08. The fourth-order valence-electron chi connectivity index (χ4n) is 7.08. The van der Waals surface area contributed by atoms with Crippen molar-refractivity contribution in [1.82, 2.24) is 0 Å². The van der Waals surface area contributed by atoms with E-state index in [9.17, 15) is 10.2 Å². The highest BCUT2D eigenvalue weighted by Gasteiger charge is 2.60. The standard InChI is InChI=1S/C19H32O2/c1-18(21)7-5-14-12(10-18)3-4-16-15(14)6-8-19(2)13(11-20)9-17(16)19/h12-17,20-21H,3-11H2,1-2H3. The van der Waals surface area contributed by atoms with Crippen molar-refractivity contribution in [2.45, 2.75) is 70.8 Å². The number of hydrogen-bond acceptors (Lipinski definition) is 2. The molecule has 2 heteroatoms. The molecule has 2 N–H and O–H groups in total. The van der Waals surface area contributed by atoms with Crippen LogP contribution in [-0.4, -0.2) is 22.4 Å². The zero-order valence-corrected chi connectivity index (χ0v) is 13.7. The third-order valence-electron chi connectivity index (χ3n) is 8.37. The van der Waals surface area contributed by atoms with Gasteiger partial charge in [-0.2, -0.15) is 0 Å².